The Kier molecular flexibility index (Phi) is 5.49. The average Bonchev–Trinajstić information content (AvgIpc) is 3.07. The van der Waals surface area contributed by atoms with Crippen molar-refractivity contribution in [2.45, 2.75) is 45.6 Å². The highest BCUT2D eigenvalue weighted by Gasteiger charge is 2.47. The maximum absolute atomic E-state index is 12.9. The molecule has 0 bridgehead atoms. The average molecular weight is 422 g/mol. The van der Waals surface area contributed by atoms with Crippen LogP contribution in [-0.4, -0.2) is 35.6 Å². The number of amides is 3. The van der Waals surface area contributed by atoms with E-state index in [1.807, 2.05) is 45.0 Å². The number of hydrazine groups is 1. The van der Waals surface area contributed by atoms with Crippen molar-refractivity contribution in [1.82, 2.24) is 10.4 Å². The Morgan fingerprint density at radius 2 is 1.68 bits per heavy atom. The number of hydrogen-bond acceptors (Lipinski definition) is 6. The molecule has 0 atom stereocenters. The minimum absolute atomic E-state index is 0.213. The van der Waals surface area contributed by atoms with Gasteiger partial charge in [-0.05, 0) is 74.2 Å². The van der Waals surface area contributed by atoms with Crippen LogP contribution in [0.4, 0.5) is 21.9 Å². The van der Waals surface area contributed by atoms with E-state index in [-0.39, 0.29) is 5.91 Å². The van der Waals surface area contributed by atoms with Crippen LogP contribution in [0.15, 0.2) is 41.6 Å². The van der Waals surface area contributed by atoms with Gasteiger partial charge in [0.2, 0.25) is 5.91 Å². The molecule has 2 aromatic rings. The highest BCUT2D eigenvalue weighted by molar-refractivity contribution is 6.03. The molecule has 2 aliphatic rings. The van der Waals surface area contributed by atoms with Crippen LogP contribution in [0.3, 0.4) is 0 Å². The molecule has 2 fully saturated rings. The van der Waals surface area contributed by atoms with E-state index in [2.05, 4.69) is 20.8 Å². The van der Waals surface area contributed by atoms with Crippen LogP contribution in [0.1, 0.15) is 36.0 Å². The Bertz CT molecular complexity index is 1000. The maximum Gasteiger partial charge on any atom is 0.343 e. The van der Waals surface area contributed by atoms with Gasteiger partial charge in [0, 0.05) is 30.9 Å². The number of carbonyl (C=O) groups is 2. The van der Waals surface area contributed by atoms with Gasteiger partial charge >= 0.3 is 6.03 Å². The number of benzene rings is 2. The Balaban J connectivity index is 1.41. The molecule has 2 N–H and O–H groups in total. The molecule has 2 heterocycles. The number of aryl methyl sites for hydroxylation is 3. The van der Waals surface area contributed by atoms with Gasteiger partial charge in [0.25, 0.3) is 0 Å². The molecule has 0 aliphatic carbocycles. The highest BCUT2D eigenvalue weighted by atomic mass is 16.3. The summed E-state index contributed by atoms with van der Waals surface area (Å²) in [5, 5.41) is 6.98. The fraction of sp³-hybridized carbons (Fsp3) is 0.391. The molecule has 2 aliphatic heterocycles. The minimum Gasteiger partial charge on any atom is -0.371 e. The summed E-state index contributed by atoms with van der Waals surface area (Å²) in [6.45, 7) is 7.41. The van der Waals surface area contributed by atoms with Crippen molar-refractivity contribution in [3.63, 3.8) is 0 Å². The zero-order valence-corrected chi connectivity index (χ0v) is 18.1. The summed E-state index contributed by atoms with van der Waals surface area (Å²) in [5.41, 5.74) is 8.03. The zero-order valence-electron chi connectivity index (χ0n) is 18.1. The Hall–Kier alpha value is -3.26. The number of carbonyl (C=O) groups excluding carboxylic acids is 2. The Morgan fingerprint density at radius 3 is 2.26 bits per heavy atom. The van der Waals surface area contributed by atoms with E-state index in [1.54, 1.807) is 12.1 Å². The summed E-state index contributed by atoms with van der Waals surface area (Å²) < 4.78 is 0. The molecule has 31 heavy (non-hydrogen) atoms. The van der Waals surface area contributed by atoms with Crippen molar-refractivity contribution < 1.29 is 9.59 Å². The lowest BCUT2D eigenvalue weighted by Gasteiger charge is -2.40. The first-order valence-electron chi connectivity index (χ1n) is 10.5. The third kappa shape index (κ3) is 4.16. The topological polar surface area (TPSA) is 94.1 Å². The van der Waals surface area contributed by atoms with Crippen LogP contribution in [-0.2, 0) is 4.79 Å². The number of nitrogens with zero attached hydrogens (tertiary/aromatic N) is 3. The number of nitrogens with one attached hydrogen (secondary N) is 2. The van der Waals surface area contributed by atoms with E-state index >= 15 is 0 Å². The largest absolute Gasteiger partial charge is 0.371 e. The summed E-state index contributed by atoms with van der Waals surface area (Å²) in [6.07, 6.45) is 1.77. The van der Waals surface area contributed by atoms with Gasteiger partial charge in [-0.3, -0.25) is 4.79 Å². The number of imide groups is 1. The van der Waals surface area contributed by atoms with Gasteiger partial charge in [-0.1, -0.05) is 17.7 Å². The van der Waals surface area contributed by atoms with Crippen molar-refractivity contribution in [2.75, 3.05) is 23.3 Å². The van der Waals surface area contributed by atoms with Gasteiger partial charge in [0.1, 0.15) is 5.69 Å². The number of anilines is 2. The van der Waals surface area contributed by atoms with Gasteiger partial charge in [-0.15, -0.1) is 4.91 Å². The van der Waals surface area contributed by atoms with Crippen molar-refractivity contribution in [2.24, 2.45) is 5.18 Å². The van der Waals surface area contributed by atoms with Crippen LogP contribution in [0.25, 0.3) is 0 Å². The lowest BCUT2D eigenvalue weighted by Crippen LogP contribution is -2.55. The van der Waals surface area contributed by atoms with E-state index in [0.717, 1.165) is 59.0 Å². The summed E-state index contributed by atoms with van der Waals surface area (Å²) in [5.74, 6) is -0.213. The van der Waals surface area contributed by atoms with Crippen LogP contribution >= 0.6 is 0 Å². The molecule has 0 unspecified atom stereocenters. The lowest BCUT2D eigenvalue weighted by molar-refractivity contribution is -0.126. The molecule has 2 aromatic carbocycles. The second kappa shape index (κ2) is 8.11. The first kappa shape index (κ1) is 21.0. The summed E-state index contributed by atoms with van der Waals surface area (Å²) >= 11 is 0. The third-order valence-corrected chi connectivity index (χ3v) is 6.24. The van der Waals surface area contributed by atoms with Crippen molar-refractivity contribution in [1.29, 1.82) is 0 Å². The SMILES string of the molecule is Cc1cc(C)c(NC(=O)N2NC3(CCN(c4ccc(N=O)cc4)CC3)CC2=O)c(C)c1. The van der Waals surface area contributed by atoms with E-state index in [1.165, 1.54) is 0 Å². The van der Waals surface area contributed by atoms with Crippen molar-refractivity contribution in [3.05, 3.63) is 58.0 Å². The maximum atomic E-state index is 12.9. The van der Waals surface area contributed by atoms with E-state index in [9.17, 15) is 14.5 Å². The van der Waals surface area contributed by atoms with Gasteiger partial charge in [0.15, 0.2) is 0 Å². The summed E-state index contributed by atoms with van der Waals surface area (Å²) in [6, 6.07) is 10.7. The molecule has 3 amide bonds. The van der Waals surface area contributed by atoms with Gasteiger partial charge in [-0.2, -0.15) is 5.01 Å². The minimum atomic E-state index is -0.448. The molecule has 8 heteroatoms. The number of piperidine rings is 1. The Labute approximate surface area is 181 Å². The molecule has 0 aromatic heterocycles. The number of nitroso groups, excluding NO2 is 1. The number of urea groups is 1. The molecule has 0 radical (unpaired) electrons. The molecule has 1 spiro atoms. The predicted octanol–water partition coefficient (Wildman–Crippen LogP) is 4.32. The van der Waals surface area contributed by atoms with Crippen molar-refractivity contribution in [3.8, 4) is 0 Å². The molecule has 2 saturated heterocycles. The van der Waals surface area contributed by atoms with Crippen LogP contribution in [0, 0.1) is 25.7 Å². The smallest absolute Gasteiger partial charge is 0.343 e. The van der Waals surface area contributed by atoms with Crippen molar-refractivity contribution >= 4 is 29.0 Å². The second-order valence-corrected chi connectivity index (χ2v) is 8.60. The van der Waals surface area contributed by atoms with Gasteiger partial charge in [0.05, 0.1) is 5.54 Å². The second-order valence-electron chi connectivity index (χ2n) is 8.60. The standard InChI is InChI=1S/C23H27N5O3/c1-15-12-16(2)21(17(3)13-15)24-22(30)28-20(29)14-23(26-28)8-10-27(11-9-23)19-6-4-18(25-31)5-7-19/h4-7,12-13,26H,8-11,14H2,1-3H3,(H,24,30). The van der Waals surface area contributed by atoms with Gasteiger partial charge < -0.3 is 10.2 Å². The molecule has 4 rings (SSSR count). The fourth-order valence-corrected chi connectivity index (χ4v) is 4.62. The summed E-state index contributed by atoms with van der Waals surface area (Å²) in [7, 11) is 0. The normalized spacial score (nSPS) is 17.8. The van der Waals surface area contributed by atoms with E-state index in [0.29, 0.717) is 12.1 Å². The molecule has 8 nitrogen and oxygen atoms in total. The van der Waals surface area contributed by atoms with E-state index in [4.69, 9.17) is 0 Å². The monoisotopic (exact) mass is 421 g/mol. The first-order chi connectivity index (χ1) is 14.8. The fourth-order valence-electron chi connectivity index (χ4n) is 4.62. The molecule has 162 valence electrons. The first-order valence-corrected chi connectivity index (χ1v) is 10.5. The highest BCUT2D eigenvalue weighted by Crippen LogP contribution is 2.34. The quantitative estimate of drug-likeness (QED) is 0.720. The molecular weight excluding hydrogens is 394 g/mol. The number of rotatable bonds is 3. The predicted molar refractivity (Wildman–Crippen MR) is 120 cm³/mol. The van der Waals surface area contributed by atoms with E-state index < -0.39 is 11.6 Å². The lowest BCUT2D eigenvalue weighted by atomic mass is 9.86. The van der Waals surface area contributed by atoms with Crippen LogP contribution in [0.5, 0.6) is 0 Å². The number of hydrogen-bond donors (Lipinski definition) is 2. The zero-order chi connectivity index (χ0) is 22.2. The molecule has 0 saturated carbocycles. The Morgan fingerprint density at radius 1 is 1.06 bits per heavy atom. The van der Waals surface area contributed by atoms with Crippen LogP contribution in [0.2, 0.25) is 0 Å². The van der Waals surface area contributed by atoms with Crippen LogP contribution < -0.4 is 15.6 Å². The molecular formula is C23H27N5O3. The third-order valence-electron chi connectivity index (χ3n) is 6.24. The van der Waals surface area contributed by atoms with Gasteiger partial charge in [-0.25, -0.2) is 10.2 Å². The summed E-state index contributed by atoms with van der Waals surface area (Å²) in [4.78, 5) is 38.4.